The standard InChI is InChI=1S/C15H20F3N3O2S/c1-20(2)11(12-4-3-5-24-12)7-19-14(23)10-6-13(22)21(8-10)9-15(16,17)18/h3-5,10-11H,6-9H2,1-2H3,(H,19,23). The maximum absolute atomic E-state index is 12.4. The van der Waals surface area contributed by atoms with Crippen molar-refractivity contribution in [2.75, 3.05) is 33.7 Å². The highest BCUT2D eigenvalue weighted by molar-refractivity contribution is 7.10. The van der Waals surface area contributed by atoms with Gasteiger partial charge >= 0.3 is 6.18 Å². The van der Waals surface area contributed by atoms with Crippen molar-refractivity contribution >= 4 is 23.2 Å². The Hall–Kier alpha value is -1.61. The number of hydrogen-bond acceptors (Lipinski definition) is 4. The Morgan fingerprint density at radius 1 is 1.50 bits per heavy atom. The Labute approximate surface area is 142 Å². The van der Waals surface area contributed by atoms with Gasteiger partial charge in [0.15, 0.2) is 0 Å². The molecule has 0 spiro atoms. The Balaban J connectivity index is 1.90. The lowest BCUT2D eigenvalue weighted by molar-refractivity contribution is -0.157. The van der Waals surface area contributed by atoms with Gasteiger partial charge in [0, 0.05) is 24.4 Å². The van der Waals surface area contributed by atoms with Crippen molar-refractivity contribution in [1.29, 1.82) is 0 Å². The number of rotatable bonds is 6. The normalized spacial score (nSPS) is 19.8. The highest BCUT2D eigenvalue weighted by atomic mass is 32.1. The topological polar surface area (TPSA) is 52.7 Å². The fourth-order valence-corrected chi connectivity index (χ4v) is 3.60. The van der Waals surface area contributed by atoms with Gasteiger partial charge in [-0.25, -0.2) is 0 Å². The van der Waals surface area contributed by atoms with Crippen molar-refractivity contribution in [3.63, 3.8) is 0 Å². The van der Waals surface area contributed by atoms with Crippen LogP contribution in [0.1, 0.15) is 17.3 Å². The van der Waals surface area contributed by atoms with E-state index >= 15 is 0 Å². The molecular weight excluding hydrogens is 343 g/mol. The van der Waals surface area contributed by atoms with Crippen LogP contribution >= 0.6 is 11.3 Å². The zero-order chi connectivity index (χ0) is 17.9. The third kappa shape index (κ3) is 4.94. The van der Waals surface area contributed by atoms with Crippen LogP contribution in [0.25, 0.3) is 0 Å². The molecule has 2 rings (SSSR count). The van der Waals surface area contributed by atoms with Crippen LogP contribution in [-0.4, -0.2) is 61.5 Å². The first-order valence-electron chi connectivity index (χ1n) is 7.49. The number of carbonyl (C=O) groups excluding carboxylic acids is 2. The molecule has 0 radical (unpaired) electrons. The molecule has 134 valence electrons. The average molecular weight is 363 g/mol. The number of thiophene rings is 1. The quantitative estimate of drug-likeness (QED) is 0.840. The van der Waals surface area contributed by atoms with Crippen molar-refractivity contribution in [3.05, 3.63) is 22.4 Å². The predicted molar refractivity (Wildman–Crippen MR) is 84.5 cm³/mol. The SMILES string of the molecule is CN(C)C(CNC(=O)C1CC(=O)N(CC(F)(F)F)C1)c1cccs1. The van der Waals surface area contributed by atoms with E-state index in [1.54, 1.807) is 11.3 Å². The number of halogens is 3. The maximum atomic E-state index is 12.4. The van der Waals surface area contributed by atoms with Crippen molar-refractivity contribution in [2.45, 2.75) is 18.6 Å². The monoisotopic (exact) mass is 363 g/mol. The Morgan fingerprint density at radius 2 is 2.21 bits per heavy atom. The van der Waals surface area contributed by atoms with Gasteiger partial charge in [0.25, 0.3) is 0 Å². The number of carbonyl (C=O) groups is 2. The van der Waals surface area contributed by atoms with Gasteiger partial charge in [0.05, 0.1) is 12.0 Å². The van der Waals surface area contributed by atoms with Crippen molar-refractivity contribution in [2.24, 2.45) is 5.92 Å². The van der Waals surface area contributed by atoms with Crippen LogP contribution in [0.4, 0.5) is 13.2 Å². The van der Waals surface area contributed by atoms with Gasteiger partial charge in [0.1, 0.15) is 6.54 Å². The lowest BCUT2D eigenvalue weighted by Gasteiger charge is -2.24. The number of hydrogen-bond donors (Lipinski definition) is 1. The summed E-state index contributed by atoms with van der Waals surface area (Å²) < 4.78 is 37.2. The molecule has 1 N–H and O–H groups in total. The maximum Gasteiger partial charge on any atom is 0.406 e. The Morgan fingerprint density at radius 3 is 2.75 bits per heavy atom. The number of alkyl halides is 3. The van der Waals surface area contributed by atoms with Gasteiger partial charge in [-0.15, -0.1) is 11.3 Å². The molecule has 0 aromatic carbocycles. The summed E-state index contributed by atoms with van der Waals surface area (Å²) in [4.78, 5) is 27.6. The van der Waals surface area contributed by atoms with Gasteiger partial charge in [0.2, 0.25) is 11.8 Å². The average Bonchev–Trinajstić information content (AvgIpc) is 3.08. The molecule has 1 aliphatic heterocycles. The third-order valence-corrected chi connectivity index (χ3v) is 4.89. The molecule has 0 aliphatic carbocycles. The van der Waals surface area contributed by atoms with E-state index in [-0.39, 0.29) is 24.9 Å². The summed E-state index contributed by atoms with van der Waals surface area (Å²) in [6.45, 7) is -1.14. The van der Waals surface area contributed by atoms with E-state index < -0.39 is 24.5 Å². The van der Waals surface area contributed by atoms with Crippen molar-refractivity contribution in [1.82, 2.24) is 15.1 Å². The fraction of sp³-hybridized carbons (Fsp3) is 0.600. The highest BCUT2D eigenvalue weighted by Crippen LogP contribution is 2.25. The van der Waals surface area contributed by atoms with Crippen LogP contribution in [0.3, 0.4) is 0 Å². The molecule has 0 saturated carbocycles. The van der Waals surface area contributed by atoms with E-state index in [9.17, 15) is 22.8 Å². The van der Waals surface area contributed by atoms with Crippen LogP contribution < -0.4 is 5.32 Å². The molecule has 1 aromatic rings. The van der Waals surface area contributed by atoms with E-state index in [0.717, 1.165) is 4.88 Å². The number of amides is 2. The second-order valence-electron chi connectivity index (χ2n) is 6.03. The molecular formula is C15H20F3N3O2S. The second kappa shape index (κ2) is 7.52. The minimum absolute atomic E-state index is 0.0164. The Bertz CT molecular complexity index is 575. The van der Waals surface area contributed by atoms with Gasteiger partial charge in [-0.3, -0.25) is 9.59 Å². The number of nitrogens with one attached hydrogen (secondary N) is 1. The summed E-state index contributed by atoms with van der Waals surface area (Å²) >= 11 is 1.57. The number of likely N-dealkylation sites (N-methyl/N-ethyl adjacent to an activating group) is 1. The summed E-state index contributed by atoms with van der Waals surface area (Å²) in [5.74, 6) is -1.74. The minimum Gasteiger partial charge on any atom is -0.354 e. The molecule has 2 heterocycles. The van der Waals surface area contributed by atoms with Crippen LogP contribution in [0.5, 0.6) is 0 Å². The first kappa shape index (κ1) is 18.7. The van der Waals surface area contributed by atoms with E-state index in [1.165, 1.54) is 0 Å². The lowest BCUT2D eigenvalue weighted by atomic mass is 10.1. The number of likely N-dealkylation sites (tertiary alicyclic amines) is 1. The molecule has 0 bridgehead atoms. The first-order valence-corrected chi connectivity index (χ1v) is 8.37. The van der Waals surface area contributed by atoms with Gasteiger partial charge in [-0.05, 0) is 25.5 Å². The summed E-state index contributed by atoms with van der Waals surface area (Å²) in [6.07, 6.45) is -4.62. The molecule has 1 aliphatic rings. The Kier molecular flexibility index (Phi) is 5.87. The molecule has 2 amide bonds. The molecule has 1 fully saturated rings. The summed E-state index contributed by atoms with van der Waals surface area (Å²) in [6, 6.07) is 3.87. The second-order valence-corrected chi connectivity index (χ2v) is 7.01. The van der Waals surface area contributed by atoms with Crippen LogP contribution in [-0.2, 0) is 9.59 Å². The predicted octanol–water partition coefficient (Wildman–Crippen LogP) is 1.88. The van der Waals surface area contributed by atoms with Crippen LogP contribution in [0.15, 0.2) is 17.5 Å². The molecule has 5 nitrogen and oxygen atoms in total. The van der Waals surface area contributed by atoms with E-state index in [1.807, 2.05) is 36.5 Å². The molecule has 2 unspecified atom stereocenters. The first-order chi connectivity index (χ1) is 11.2. The largest absolute Gasteiger partial charge is 0.406 e. The molecule has 1 saturated heterocycles. The fourth-order valence-electron chi connectivity index (χ4n) is 2.68. The summed E-state index contributed by atoms with van der Waals surface area (Å²) in [5, 5.41) is 4.71. The zero-order valence-corrected chi connectivity index (χ0v) is 14.3. The number of nitrogens with zero attached hydrogens (tertiary/aromatic N) is 2. The lowest BCUT2D eigenvalue weighted by Crippen LogP contribution is -2.39. The van der Waals surface area contributed by atoms with Crippen LogP contribution in [0.2, 0.25) is 0 Å². The summed E-state index contributed by atoms with van der Waals surface area (Å²) in [5.41, 5.74) is 0. The molecule has 2 atom stereocenters. The van der Waals surface area contributed by atoms with Gasteiger partial charge in [-0.1, -0.05) is 6.07 Å². The highest BCUT2D eigenvalue weighted by Gasteiger charge is 2.40. The van der Waals surface area contributed by atoms with Gasteiger partial charge in [-0.2, -0.15) is 13.2 Å². The molecule has 9 heteroatoms. The molecule has 1 aromatic heterocycles. The van der Waals surface area contributed by atoms with Crippen LogP contribution in [0, 0.1) is 5.92 Å². The van der Waals surface area contributed by atoms with E-state index in [0.29, 0.717) is 11.4 Å². The molecule has 24 heavy (non-hydrogen) atoms. The smallest absolute Gasteiger partial charge is 0.354 e. The van der Waals surface area contributed by atoms with Crippen molar-refractivity contribution in [3.8, 4) is 0 Å². The van der Waals surface area contributed by atoms with E-state index in [4.69, 9.17) is 0 Å². The van der Waals surface area contributed by atoms with Crippen molar-refractivity contribution < 1.29 is 22.8 Å². The summed E-state index contributed by atoms with van der Waals surface area (Å²) in [7, 11) is 3.78. The zero-order valence-electron chi connectivity index (χ0n) is 13.5. The third-order valence-electron chi connectivity index (χ3n) is 3.92. The minimum atomic E-state index is -4.45. The van der Waals surface area contributed by atoms with Gasteiger partial charge < -0.3 is 15.1 Å². The van der Waals surface area contributed by atoms with E-state index in [2.05, 4.69) is 5.32 Å².